The van der Waals surface area contributed by atoms with Gasteiger partial charge in [0.05, 0.1) is 0 Å². The second-order valence-corrected chi connectivity index (χ2v) is 12.3. The minimum absolute atomic E-state index is 0.471. The van der Waals surface area contributed by atoms with Crippen LogP contribution in [-0.2, 0) is 80.9 Å². The number of carbonyl (C=O) groups excluding carboxylic acids is 7. The molecule has 0 unspecified atom stereocenters. The Labute approximate surface area is 291 Å². The predicted octanol–water partition coefficient (Wildman–Crippen LogP) is 1.40. The Balaban J connectivity index is 2.16. The van der Waals surface area contributed by atoms with E-state index < -0.39 is 116 Å². The molecule has 1 aromatic rings. The Hall–Kier alpha value is -4.26. The predicted molar refractivity (Wildman–Crippen MR) is 166 cm³/mol. The lowest BCUT2D eigenvalue weighted by molar-refractivity contribution is -0.341. The van der Waals surface area contributed by atoms with Gasteiger partial charge in [-0.05, 0) is 12.1 Å². The van der Waals surface area contributed by atoms with Crippen LogP contribution in [0.4, 0.5) is 0 Å². The van der Waals surface area contributed by atoms with Gasteiger partial charge in [-0.1, -0.05) is 30.0 Å². The van der Waals surface area contributed by atoms with E-state index in [1.54, 1.807) is 30.3 Å². The fourth-order valence-electron chi connectivity index (χ4n) is 5.20. The molecule has 2 aliphatic rings. The summed E-state index contributed by atoms with van der Waals surface area (Å²) in [4.78, 5) is 86.2. The second kappa shape index (κ2) is 18.7. The number of hydrogen-bond donors (Lipinski definition) is 0. The molecule has 2 heterocycles. The molecule has 3 rings (SSSR count). The second-order valence-electron chi connectivity index (χ2n) is 11.1. The van der Waals surface area contributed by atoms with Gasteiger partial charge in [0.1, 0.15) is 37.0 Å². The number of benzene rings is 1. The van der Waals surface area contributed by atoms with Crippen LogP contribution in [0.5, 0.6) is 0 Å². The molecule has 0 N–H and O–H groups in total. The third kappa shape index (κ3) is 12.0. The zero-order valence-corrected chi connectivity index (χ0v) is 29.2. The summed E-state index contributed by atoms with van der Waals surface area (Å²) >= 11 is 1.12. The van der Waals surface area contributed by atoms with Crippen LogP contribution >= 0.6 is 11.8 Å². The van der Waals surface area contributed by atoms with Crippen LogP contribution in [0.3, 0.4) is 0 Å². The monoisotopic (exact) mass is 728 g/mol. The SMILES string of the molecule is CC(=O)OC[C@@H]1O[C@@H](O[C@H]2[C@H](OC(C)=O)[C@@H](OC(C)=O)[C@@H](Sc3ccccc3)O[C@@H]2COC(C)=O)[C@H](OC(C)=O)[C@@H](OC(C)=O)[C@@H]1OC(C)=O. The van der Waals surface area contributed by atoms with Gasteiger partial charge in [0.2, 0.25) is 0 Å². The molecule has 2 aliphatic heterocycles. The van der Waals surface area contributed by atoms with Crippen molar-refractivity contribution in [1.82, 2.24) is 0 Å². The molecule has 0 amide bonds. The molecule has 50 heavy (non-hydrogen) atoms. The lowest BCUT2D eigenvalue weighted by Gasteiger charge is -2.48. The molecule has 10 atom stereocenters. The summed E-state index contributed by atoms with van der Waals surface area (Å²) in [5, 5.41) is 0. The van der Waals surface area contributed by atoms with E-state index in [4.69, 9.17) is 47.4 Å². The largest absolute Gasteiger partial charge is 0.463 e. The number of ether oxygens (including phenoxy) is 10. The molecule has 18 heteroatoms. The molecule has 0 aromatic heterocycles. The lowest BCUT2D eigenvalue weighted by atomic mass is 9.96. The molecular formula is C32H40O17S. The molecule has 0 bridgehead atoms. The Morgan fingerprint density at radius 3 is 1.42 bits per heavy atom. The van der Waals surface area contributed by atoms with Gasteiger partial charge in [0.25, 0.3) is 0 Å². The van der Waals surface area contributed by atoms with Crippen molar-refractivity contribution in [2.24, 2.45) is 0 Å². The van der Waals surface area contributed by atoms with Crippen LogP contribution in [0.1, 0.15) is 48.5 Å². The molecule has 0 spiro atoms. The highest BCUT2D eigenvalue weighted by molar-refractivity contribution is 7.99. The minimum Gasteiger partial charge on any atom is -0.463 e. The summed E-state index contributed by atoms with van der Waals surface area (Å²) in [6, 6.07) is 8.85. The van der Waals surface area contributed by atoms with Crippen LogP contribution in [0.15, 0.2) is 35.2 Å². The summed E-state index contributed by atoms with van der Waals surface area (Å²) in [6.07, 6.45) is -13.4. The van der Waals surface area contributed by atoms with Gasteiger partial charge >= 0.3 is 41.8 Å². The number of carbonyl (C=O) groups is 7. The summed E-state index contributed by atoms with van der Waals surface area (Å²) in [6.45, 7) is 6.66. The average Bonchev–Trinajstić information content (AvgIpc) is 3.00. The first-order valence-electron chi connectivity index (χ1n) is 15.4. The number of rotatable bonds is 13. The quantitative estimate of drug-likeness (QED) is 0.207. The zero-order chi connectivity index (χ0) is 37.1. The smallest absolute Gasteiger partial charge is 0.303 e. The topological polar surface area (TPSA) is 212 Å². The summed E-state index contributed by atoms with van der Waals surface area (Å²) < 4.78 is 56.8. The molecular weight excluding hydrogens is 688 g/mol. The highest BCUT2D eigenvalue weighted by Gasteiger charge is 2.57. The van der Waals surface area contributed by atoms with Gasteiger partial charge in [-0.25, -0.2) is 0 Å². The van der Waals surface area contributed by atoms with E-state index in [9.17, 15) is 33.6 Å². The van der Waals surface area contributed by atoms with Crippen LogP contribution in [0, 0.1) is 0 Å². The Morgan fingerprint density at radius 2 is 0.940 bits per heavy atom. The van der Waals surface area contributed by atoms with Crippen molar-refractivity contribution in [3.05, 3.63) is 30.3 Å². The van der Waals surface area contributed by atoms with Crippen molar-refractivity contribution in [3.63, 3.8) is 0 Å². The fourth-order valence-corrected chi connectivity index (χ4v) is 6.33. The number of thioether (sulfide) groups is 1. The van der Waals surface area contributed by atoms with Gasteiger partial charge in [-0.15, -0.1) is 0 Å². The van der Waals surface area contributed by atoms with E-state index >= 15 is 0 Å². The molecule has 0 radical (unpaired) electrons. The number of esters is 7. The normalized spacial score (nSPS) is 29.0. The lowest BCUT2D eigenvalue weighted by Crippen LogP contribution is -2.66. The van der Waals surface area contributed by atoms with Crippen LogP contribution in [0.25, 0.3) is 0 Å². The van der Waals surface area contributed by atoms with Gasteiger partial charge in [0.15, 0.2) is 36.8 Å². The molecule has 276 valence electrons. The maximum atomic E-state index is 12.5. The average molecular weight is 729 g/mol. The molecule has 1 aromatic carbocycles. The molecule has 17 nitrogen and oxygen atoms in total. The first-order valence-corrected chi connectivity index (χ1v) is 16.2. The third-order valence-electron chi connectivity index (χ3n) is 6.88. The van der Waals surface area contributed by atoms with E-state index in [0.29, 0.717) is 4.90 Å². The maximum absolute atomic E-state index is 12.5. The van der Waals surface area contributed by atoms with Crippen molar-refractivity contribution in [3.8, 4) is 0 Å². The van der Waals surface area contributed by atoms with Crippen molar-refractivity contribution >= 4 is 53.5 Å². The van der Waals surface area contributed by atoms with Gasteiger partial charge in [-0.2, -0.15) is 0 Å². The van der Waals surface area contributed by atoms with Crippen LogP contribution in [-0.4, -0.2) is 116 Å². The van der Waals surface area contributed by atoms with Gasteiger partial charge in [-0.3, -0.25) is 33.6 Å². The Morgan fingerprint density at radius 1 is 0.520 bits per heavy atom. The summed E-state index contributed by atoms with van der Waals surface area (Å²) in [5.74, 6) is -5.63. The third-order valence-corrected chi connectivity index (χ3v) is 8.04. The van der Waals surface area contributed by atoms with E-state index in [1.807, 2.05) is 0 Å². The maximum Gasteiger partial charge on any atom is 0.303 e. The first kappa shape index (κ1) is 40.2. The summed E-state index contributed by atoms with van der Waals surface area (Å²) in [5.41, 5.74) is -1.05. The van der Waals surface area contributed by atoms with E-state index in [0.717, 1.165) is 60.2 Å². The van der Waals surface area contributed by atoms with Crippen molar-refractivity contribution < 1.29 is 80.9 Å². The van der Waals surface area contributed by atoms with E-state index in [-0.39, 0.29) is 0 Å². The van der Waals surface area contributed by atoms with Gasteiger partial charge < -0.3 is 47.4 Å². The highest BCUT2D eigenvalue weighted by atomic mass is 32.2. The Kier molecular flexibility index (Phi) is 15.0. The fraction of sp³-hybridized carbons (Fsp3) is 0.594. The summed E-state index contributed by atoms with van der Waals surface area (Å²) in [7, 11) is 0. The number of hydrogen-bond acceptors (Lipinski definition) is 18. The van der Waals surface area contributed by atoms with E-state index in [2.05, 4.69) is 0 Å². The van der Waals surface area contributed by atoms with Crippen LogP contribution < -0.4 is 0 Å². The molecule has 0 aliphatic carbocycles. The minimum atomic E-state index is -1.75. The van der Waals surface area contributed by atoms with Gasteiger partial charge in [0, 0.05) is 53.4 Å². The molecule has 2 fully saturated rings. The van der Waals surface area contributed by atoms with E-state index in [1.165, 1.54) is 0 Å². The molecule has 2 saturated heterocycles. The van der Waals surface area contributed by atoms with Crippen molar-refractivity contribution in [1.29, 1.82) is 0 Å². The Bertz CT molecular complexity index is 1390. The first-order chi connectivity index (χ1) is 23.5. The molecule has 0 saturated carbocycles. The van der Waals surface area contributed by atoms with Crippen molar-refractivity contribution in [2.75, 3.05) is 13.2 Å². The standard InChI is InChI=1S/C32H40O17S/c1-15(33)40-13-23-25(42-17(3)35)27(43-18(4)36)29(45-20(6)38)31(47-23)49-26-24(14-41-16(2)34)48-32(50-22-11-9-8-10-12-22)30(46-21(7)39)28(26)44-19(5)37/h8-12,23-32H,13-14H2,1-7H3/t23-,24+,25+,26+,27-,28-,29+,30+,31-,32+/m0/s1. The zero-order valence-electron chi connectivity index (χ0n) is 28.4. The van der Waals surface area contributed by atoms with Crippen LogP contribution in [0.2, 0.25) is 0 Å². The van der Waals surface area contributed by atoms with Crippen molar-refractivity contribution in [2.45, 2.75) is 114 Å². The highest BCUT2D eigenvalue weighted by Crippen LogP contribution is 2.39.